The number of hydrogen-bond acceptors (Lipinski definition) is 9. The number of methoxy groups -OCH3 is 2. The van der Waals surface area contributed by atoms with Gasteiger partial charge in [-0.1, -0.05) is 45.5 Å². The zero-order chi connectivity index (χ0) is 28.1. The monoisotopic (exact) mass is 615 g/mol. The molecule has 0 spiro atoms. The van der Waals surface area contributed by atoms with E-state index in [9.17, 15) is 14.4 Å². The van der Waals surface area contributed by atoms with E-state index in [-0.39, 0.29) is 31.0 Å². The van der Waals surface area contributed by atoms with Crippen LogP contribution in [0, 0.1) is 0 Å². The third-order valence-electron chi connectivity index (χ3n) is 5.82. The molecule has 4 rings (SSSR count). The van der Waals surface area contributed by atoms with Gasteiger partial charge >= 0.3 is 5.97 Å². The fourth-order valence-corrected chi connectivity index (χ4v) is 5.53. The van der Waals surface area contributed by atoms with E-state index < -0.39 is 17.9 Å². The maximum Gasteiger partial charge on any atom is 0.338 e. The Morgan fingerprint density at radius 3 is 2.64 bits per heavy atom. The van der Waals surface area contributed by atoms with Gasteiger partial charge in [0.1, 0.15) is 24.1 Å². The Bertz CT molecular complexity index is 1630. The number of rotatable bonds is 10. The molecule has 1 amide bonds. The number of halogens is 1. The van der Waals surface area contributed by atoms with Crippen molar-refractivity contribution < 1.29 is 28.5 Å². The lowest BCUT2D eigenvalue weighted by Crippen LogP contribution is -2.40. The van der Waals surface area contributed by atoms with Crippen LogP contribution in [0.1, 0.15) is 24.1 Å². The van der Waals surface area contributed by atoms with Crippen LogP contribution in [0.25, 0.3) is 6.08 Å². The number of thiazole rings is 1. The van der Waals surface area contributed by atoms with Crippen LogP contribution in [0.2, 0.25) is 0 Å². The minimum Gasteiger partial charge on any atom is -0.496 e. The number of amides is 1. The van der Waals surface area contributed by atoms with Crippen LogP contribution in [-0.4, -0.2) is 50.5 Å². The first kappa shape index (κ1) is 28.3. The Kier molecular flexibility index (Phi) is 9.00. The summed E-state index contributed by atoms with van der Waals surface area (Å²) in [6.45, 7) is 1.66. The van der Waals surface area contributed by atoms with E-state index in [2.05, 4.69) is 20.9 Å². The van der Waals surface area contributed by atoms with Gasteiger partial charge in [-0.3, -0.25) is 14.2 Å². The van der Waals surface area contributed by atoms with Crippen molar-refractivity contribution in [1.29, 1.82) is 0 Å². The van der Waals surface area contributed by atoms with Gasteiger partial charge in [0.2, 0.25) is 0 Å². The van der Waals surface area contributed by atoms with Crippen LogP contribution in [-0.2, 0) is 19.1 Å². The normalized spacial score (nSPS) is 15.0. The molecular formula is C27H26BrN3O7S. The summed E-state index contributed by atoms with van der Waals surface area (Å²) in [6, 6.07) is 11.5. The summed E-state index contributed by atoms with van der Waals surface area (Å²) in [7, 11) is 3.04. The number of aromatic nitrogens is 1. The van der Waals surface area contributed by atoms with E-state index in [4.69, 9.17) is 24.7 Å². The molecule has 1 unspecified atom stereocenters. The summed E-state index contributed by atoms with van der Waals surface area (Å²) in [5.41, 5.74) is 6.68. The Morgan fingerprint density at radius 1 is 1.15 bits per heavy atom. The Morgan fingerprint density at radius 2 is 1.92 bits per heavy atom. The zero-order valence-corrected chi connectivity index (χ0v) is 23.8. The van der Waals surface area contributed by atoms with Gasteiger partial charge in [0.05, 0.1) is 29.5 Å². The number of allylic oxidation sites excluding steroid dienone is 1. The topological polar surface area (TPSA) is 131 Å². The maximum atomic E-state index is 13.9. The quantitative estimate of drug-likeness (QED) is 0.273. The third kappa shape index (κ3) is 6.13. The number of hydrogen-bond donors (Lipinski definition) is 1. The molecule has 0 bridgehead atoms. The molecule has 0 fully saturated rings. The number of para-hydroxylation sites is 1. The molecule has 204 valence electrons. The molecule has 2 aromatic carbocycles. The van der Waals surface area contributed by atoms with Crippen LogP contribution in [0.15, 0.2) is 68.0 Å². The van der Waals surface area contributed by atoms with Crippen molar-refractivity contribution in [2.24, 2.45) is 10.7 Å². The molecule has 0 aliphatic carbocycles. The number of benzene rings is 2. The number of carbonyl (C=O) groups is 2. The first-order valence-corrected chi connectivity index (χ1v) is 13.4. The highest BCUT2D eigenvalue weighted by Crippen LogP contribution is 2.35. The van der Waals surface area contributed by atoms with Crippen molar-refractivity contribution in [1.82, 2.24) is 4.57 Å². The molecule has 1 aromatic heterocycles. The largest absolute Gasteiger partial charge is 0.496 e. The minimum absolute atomic E-state index is 0.0478. The minimum atomic E-state index is -0.845. The van der Waals surface area contributed by atoms with E-state index in [1.165, 1.54) is 30.1 Å². The van der Waals surface area contributed by atoms with Crippen LogP contribution < -0.4 is 30.1 Å². The van der Waals surface area contributed by atoms with Gasteiger partial charge in [0.25, 0.3) is 11.5 Å². The fraction of sp³-hybridized carbons (Fsp3) is 0.259. The standard InChI is InChI=1S/C27H26BrN3O7S/c1-15-23(26(34)37-11-10-35-2)24(18-6-4-5-7-20(18)36-3)31-25(33)21(39-27(31)30-15)13-16-12-17(28)8-9-19(16)38-14-22(29)32/h4-9,12-13,24H,10-11,14H2,1-3H3,(H2,29,32). The number of fused-ring (bicyclic) bond motifs is 1. The van der Waals surface area contributed by atoms with E-state index in [1.54, 1.807) is 55.5 Å². The SMILES string of the molecule is COCCOC(=O)C1=C(C)N=c2sc(=Cc3cc(Br)ccc3OCC(N)=O)c(=O)n2C1c1ccccc1OC. The maximum absolute atomic E-state index is 13.9. The number of esters is 1. The lowest BCUT2D eigenvalue weighted by Gasteiger charge is -2.26. The number of primary amides is 1. The highest BCUT2D eigenvalue weighted by atomic mass is 79.9. The zero-order valence-electron chi connectivity index (χ0n) is 21.4. The average molecular weight is 616 g/mol. The molecule has 0 saturated carbocycles. The third-order valence-corrected chi connectivity index (χ3v) is 7.30. The summed E-state index contributed by atoms with van der Waals surface area (Å²) in [4.78, 5) is 43.5. The molecule has 12 heteroatoms. The summed E-state index contributed by atoms with van der Waals surface area (Å²) >= 11 is 4.60. The summed E-state index contributed by atoms with van der Waals surface area (Å²) in [5, 5.41) is 0. The molecule has 2 heterocycles. The molecule has 3 aromatic rings. The molecule has 2 N–H and O–H groups in total. The molecule has 39 heavy (non-hydrogen) atoms. The second kappa shape index (κ2) is 12.4. The molecule has 1 aliphatic heterocycles. The smallest absolute Gasteiger partial charge is 0.338 e. The van der Waals surface area contributed by atoms with Gasteiger partial charge in [0, 0.05) is 22.7 Å². The van der Waals surface area contributed by atoms with E-state index >= 15 is 0 Å². The lowest BCUT2D eigenvalue weighted by atomic mass is 9.95. The Balaban J connectivity index is 1.91. The fourth-order valence-electron chi connectivity index (χ4n) is 4.12. The van der Waals surface area contributed by atoms with Crippen molar-refractivity contribution in [3.63, 3.8) is 0 Å². The highest BCUT2D eigenvalue weighted by Gasteiger charge is 2.35. The van der Waals surface area contributed by atoms with E-state index in [0.29, 0.717) is 37.7 Å². The van der Waals surface area contributed by atoms with Crippen LogP contribution in [0.3, 0.4) is 0 Å². The summed E-state index contributed by atoms with van der Waals surface area (Å²) in [6.07, 6.45) is 1.65. The van der Waals surface area contributed by atoms with Crippen LogP contribution in [0.4, 0.5) is 0 Å². The summed E-state index contributed by atoms with van der Waals surface area (Å²) in [5.74, 6) is -0.348. The second-order valence-electron chi connectivity index (χ2n) is 8.39. The van der Waals surface area contributed by atoms with Crippen molar-refractivity contribution in [2.45, 2.75) is 13.0 Å². The van der Waals surface area contributed by atoms with Gasteiger partial charge in [-0.2, -0.15) is 0 Å². The van der Waals surface area contributed by atoms with Crippen molar-refractivity contribution in [3.8, 4) is 11.5 Å². The second-order valence-corrected chi connectivity index (χ2v) is 10.3. The van der Waals surface area contributed by atoms with E-state index in [1.807, 2.05) is 0 Å². The van der Waals surface area contributed by atoms with Crippen molar-refractivity contribution in [3.05, 3.63) is 89.0 Å². The predicted molar refractivity (Wildman–Crippen MR) is 148 cm³/mol. The van der Waals surface area contributed by atoms with Gasteiger partial charge in [-0.05, 0) is 37.3 Å². The highest BCUT2D eigenvalue weighted by molar-refractivity contribution is 9.10. The summed E-state index contributed by atoms with van der Waals surface area (Å²) < 4.78 is 24.2. The molecule has 0 radical (unpaired) electrons. The van der Waals surface area contributed by atoms with Gasteiger partial charge < -0.3 is 24.7 Å². The lowest BCUT2D eigenvalue weighted by molar-refractivity contribution is -0.140. The van der Waals surface area contributed by atoms with Crippen LogP contribution >= 0.6 is 27.3 Å². The van der Waals surface area contributed by atoms with Crippen molar-refractivity contribution in [2.75, 3.05) is 34.0 Å². The van der Waals surface area contributed by atoms with Crippen LogP contribution in [0.5, 0.6) is 11.5 Å². The van der Waals surface area contributed by atoms with Crippen molar-refractivity contribution >= 4 is 45.2 Å². The first-order valence-electron chi connectivity index (χ1n) is 11.8. The molecule has 0 saturated heterocycles. The Hall–Kier alpha value is -3.74. The molecular weight excluding hydrogens is 590 g/mol. The molecule has 1 atom stereocenters. The Labute approximate surface area is 236 Å². The van der Waals surface area contributed by atoms with E-state index in [0.717, 1.165) is 4.47 Å². The molecule has 10 nitrogen and oxygen atoms in total. The average Bonchev–Trinajstić information content (AvgIpc) is 3.21. The van der Waals surface area contributed by atoms with Gasteiger partial charge in [-0.25, -0.2) is 9.79 Å². The first-order chi connectivity index (χ1) is 18.7. The predicted octanol–water partition coefficient (Wildman–Crippen LogP) is 2.06. The van der Waals surface area contributed by atoms with Gasteiger partial charge in [-0.15, -0.1) is 0 Å². The number of nitrogens with zero attached hydrogens (tertiary/aromatic N) is 2. The number of carbonyl (C=O) groups excluding carboxylic acids is 2. The molecule has 1 aliphatic rings. The number of nitrogens with two attached hydrogens (primary N) is 1. The number of ether oxygens (including phenoxy) is 4. The van der Waals surface area contributed by atoms with Gasteiger partial charge in [0.15, 0.2) is 11.4 Å².